The zero-order chi connectivity index (χ0) is 11.5. The molecule has 0 fully saturated rings. The van der Waals surface area contributed by atoms with E-state index in [4.69, 9.17) is 5.11 Å². The summed E-state index contributed by atoms with van der Waals surface area (Å²) in [5.74, 6) is -0.737. The summed E-state index contributed by atoms with van der Waals surface area (Å²) >= 11 is 0. The molecule has 1 aromatic rings. The van der Waals surface area contributed by atoms with Crippen molar-refractivity contribution >= 4 is 5.97 Å². The Hall–Kier alpha value is -1.32. The maximum absolute atomic E-state index is 10.8. The van der Waals surface area contributed by atoms with E-state index in [9.17, 15) is 4.79 Å². The normalized spacial score (nSPS) is 11.7. The lowest BCUT2D eigenvalue weighted by Crippen LogP contribution is -2.23. The van der Waals surface area contributed by atoms with E-state index in [0.717, 1.165) is 18.7 Å². The standard InChI is InChI=1S/C11H18N2O2/c1-9-5-8-13(12-9)7-4-6-11(2,3)10(14)15/h5,8H,4,6-7H2,1-3H3,(H,14,15). The summed E-state index contributed by atoms with van der Waals surface area (Å²) in [4.78, 5) is 10.8. The molecule has 0 saturated heterocycles. The van der Waals surface area contributed by atoms with E-state index in [2.05, 4.69) is 5.10 Å². The molecule has 4 heteroatoms. The van der Waals surface area contributed by atoms with Gasteiger partial charge in [-0.1, -0.05) is 0 Å². The van der Waals surface area contributed by atoms with Gasteiger partial charge in [-0.25, -0.2) is 0 Å². The van der Waals surface area contributed by atoms with Gasteiger partial charge in [0, 0.05) is 12.7 Å². The van der Waals surface area contributed by atoms with Gasteiger partial charge in [-0.3, -0.25) is 9.48 Å². The molecular weight excluding hydrogens is 192 g/mol. The maximum atomic E-state index is 10.8. The van der Waals surface area contributed by atoms with Crippen molar-refractivity contribution in [1.29, 1.82) is 0 Å². The van der Waals surface area contributed by atoms with Crippen molar-refractivity contribution in [2.45, 2.75) is 40.2 Å². The van der Waals surface area contributed by atoms with Crippen LogP contribution < -0.4 is 0 Å². The van der Waals surface area contributed by atoms with Crippen LogP contribution >= 0.6 is 0 Å². The highest BCUT2D eigenvalue weighted by Crippen LogP contribution is 2.22. The molecular formula is C11H18N2O2. The molecule has 1 N–H and O–H groups in total. The lowest BCUT2D eigenvalue weighted by Gasteiger charge is -2.18. The Morgan fingerprint density at radius 1 is 1.60 bits per heavy atom. The van der Waals surface area contributed by atoms with Gasteiger partial charge in [0.1, 0.15) is 0 Å². The zero-order valence-electron chi connectivity index (χ0n) is 9.53. The van der Waals surface area contributed by atoms with E-state index in [1.807, 2.05) is 23.9 Å². The molecule has 84 valence electrons. The Kier molecular flexibility index (Phi) is 3.50. The molecule has 0 aliphatic heterocycles. The van der Waals surface area contributed by atoms with Gasteiger partial charge < -0.3 is 5.11 Å². The van der Waals surface area contributed by atoms with Crippen LogP contribution in [-0.4, -0.2) is 20.9 Å². The largest absolute Gasteiger partial charge is 0.481 e. The highest BCUT2D eigenvalue weighted by Gasteiger charge is 2.26. The minimum atomic E-state index is -0.737. The molecule has 0 radical (unpaired) electrons. The van der Waals surface area contributed by atoms with Crippen LogP contribution in [0, 0.1) is 12.3 Å². The van der Waals surface area contributed by atoms with E-state index in [1.54, 1.807) is 13.8 Å². The minimum Gasteiger partial charge on any atom is -0.481 e. The third-order valence-corrected chi connectivity index (χ3v) is 2.54. The summed E-state index contributed by atoms with van der Waals surface area (Å²) in [6.45, 7) is 6.23. The van der Waals surface area contributed by atoms with Gasteiger partial charge in [0.15, 0.2) is 0 Å². The first-order chi connectivity index (χ1) is 6.92. The van der Waals surface area contributed by atoms with Crippen LogP contribution in [0.15, 0.2) is 12.3 Å². The number of carboxylic acids is 1. The zero-order valence-corrected chi connectivity index (χ0v) is 9.53. The van der Waals surface area contributed by atoms with Crippen LogP contribution in [-0.2, 0) is 11.3 Å². The van der Waals surface area contributed by atoms with Crippen molar-refractivity contribution in [3.8, 4) is 0 Å². The Bertz CT molecular complexity index is 342. The third-order valence-electron chi connectivity index (χ3n) is 2.54. The van der Waals surface area contributed by atoms with Gasteiger partial charge in [0.2, 0.25) is 0 Å². The molecule has 15 heavy (non-hydrogen) atoms. The van der Waals surface area contributed by atoms with Gasteiger partial charge in [-0.2, -0.15) is 5.10 Å². The summed E-state index contributed by atoms with van der Waals surface area (Å²) < 4.78 is 1.85. The first kappa shape index (κ1) is 11.8. The lowest BCUT2D eigenvalue weighted by molar-refractivity contribution is -0.147. The number of aromatic nitrogens is 2. The summed E-state index contributed by atoms with van der Waals surface area (Å²) in [5.41, 5.74) is 0.356. The number of aryl methyl sites for hydroxylation is 2. The maximum Gasteiger partial charge on any atom is 0.309 e. The van der Waals surface area contributed by atoms with Gasteiger partial charge in [0.05, 0.1) is 11.1 Å². The van der Waals surface area contributed by atoms with Gasteiger partial charge in [0.25, 0.3) is 0 Å². The van der Waals surface area contributed by atoms with Gasteiger partial charge >= 0.3 is 5.97 Å². The summed E-state index contributed by atoms with van der Waals surface area (Å²) in [6.07, 6.45) is 3.42. The highest BCUT2D eigenvalue weighted by atomic mass is 16.4. The van der Waals surface area contributed by atoms with Crippen LogP contribution in [0.3, 0.4) is 0 Å². The average Bonchev–Trinajstić information content (AvgIpc) is 2.51. The second kappa shape index (κ2) is 4.47. The summed E-state index contributed by atoms with van der Waals surface area (Å²) in [5, 5.41) is 13.2. The van der Waals surface area contributed by atoms with E-state index in [-0.39, 0.29) is 0 Å². The number of carboxylic acid groups (broad SMARTS) is 1. The molecule has 0 aliphatic rings. The quantitative estimate of drug-likeness (QED) is 0.809. The van der Waals surface area contributed by atoms with Crippen LogP contribution in [0.4, 0.5) is 0 Å². The average molecular weight is 210 g/mol. The Morgan fingerprint density at radius 3 is 2.73 bits per heavy atom. The van der Waals surface area contributed by atoms with Crippen LogP contribution in [0.1, 0.15) is 32.4 Å². The van der Waals surface area contributed by atoms with Gasteiger partial charge in [-0.05, 0) is 39.7 Å². The fourth-order valence-corrected chi connectivity index (χ4v) is 1.38. The summed E-state index contributed by atoms with van der Waals surface area (Å²) in [7, 11) is 0. The van der Waals surface area contributed by atoms with Gasteiger partial charge in [-0.15, -0.1) is 0 Å². The first-order valence-corrected chi connectivity index (χ1v) is 5.15. The Labute approximate surface area is 89.9 Å². The van der Waals surface area contributed by atoms with Crippen LogP contribution in [0.2, 0.25) is 0 Å². The second-order valence-corrected chi connectivity index (χ2v) is 4.51. The van der Waals surface area contributed by atoms with Crippen molar-refractivity contribution in [3.63, 3.8) is 0 Å². The van der Waals surface area contributed by atoms with E-state index >= 15 is 0 Å². The molecule has 0 bridgehead atoms. The molecule has 1 rings (SSSR count). The smallest absolute Gasteiger partial charge is 0.309 e. The SMILES string of the molecule is Cc1ccn(CCCC(C)(C)C(=O)O)n1. The van der Waals surface area contributed by atoms with Crippen LogP contribution in [0.5, 0.6) is 0 Å². The number of hydrogen-bond acceptors (Lipinski definition) is 2. The molecule has 4 nitrogen and oxygen atoms in total. The fourth-order valence-electron chi connectivity index (χ4n) is 1.38. The monoisotopic (exact) mass is 210 g/mol. The third kappa shape index (κ3) is 3.38. The van der Waals surface area contributed by atoms with Crippen LogP contribution in [0.25, 0.3) is 0 Å². The Morgan fingerprint density at radius 2 is 2.27 bits per heavy atom. The van der Waals surface area contributed by atoms with E-state index < -0.39 is 11.4 Å². The molecule has 0 amide bonds. The van der Waals surface area contributed by atoms with E-state index in [0.29, 0.717) is 6.42 Å². The summed E-state index contributed by atoms with van der Waals surface area (Å²) in [6, 6.07) is 1.95. The molecule has 0 unspecified atom stereocenters. The van der Waals surface area contributed by atoms with E-state index in [1.165, 1.54) is 0 Å². The fraction of sp³-hybridized carbons (Fsp3) is 0.636. The Balaban J connectivity index is 2.36. The van der Waals surface area contributed by atoms with Crippen molar-refractivity contribution in [1.82, 2.24) is 9.78 Å². The second-order valence-electron chi connectivity index (χ2n) is 4.51. The first-order valence-electron chi connectivity index (χ1n) is 5.15. The molecule has 0 saturated carbocycles. The topological polar surface area (TPSA) is 55.1 Å². The van der Waals surface area contributed by atoms with Crippen molar-refractivity contribution in [3.05, 3.63) is 18.0 Å². The van der Waals surface area contributed by atoms with Crippen molar-refractivity contribution in [2.24, 2.45) is 5.41 Å². The molecule has 0 aliphatic carbocycles. The number of hydrogen-bond donors (Lipinski definition) is 1. The molecule has 1 aromatic heterocycles. The minimum absolute atomic E-state index is 0.637. The number of aliphatic carboxylic acids is 1. The number of rotatable bonds is 5. The van der Waals surface area contributed by atoms with Crippen molar-refractivity contribution < 1.29 is 9.90 Å². The molecule has 1 heterocycles. The highest BCUT2D eigenvalue weighted by molar-refractivity contribution is 5.73. The number of carbonyl (C=O) groups is 1. The van der Waals surface area contributed by atoms with Crippen molar-refractivity contribution in [2.75, 3.05) is 0 Å². The molecule has 0 atom stereocenters. The lowest BCUT2D eigenvalue weighted by atomic mass is 9.88. The predicted octanol–water partition coefficient (Wildman–Crippen LogP) is 2.08. The predicted molar refractivity (Wildman–Crippen MR) is 57.6 cm³/mol. The molecule has 0 spiro atoms. The molecule has 0 aromatic carbocycles. The number of nitrogens with zero attached hydrogens (tertiary/aromatic N) is 2.